The molecule has 2 radical (unpaired) electrons. The first-order valence-corrected chi connectivity index (χ1v) is 13.1. The Morgan fingerprint density at radius 3 is 2.11 bits per heavy atom. The topological polar surface area (TPSA) is 174 Å². The van der Waals surface area contributed by atoms with Gasteiger partial charge in [0.25, 0.3) is 0 Å². The van der Waals surface area contributed by atoms with Crippen LogP contribution < -0.4 is 21.3 Å². The Bertz CT molecular complexity index is 993. The number of carboxylic acids is 2. The van der Waals surface area contributed by atoms with Crippen molar-refractivity contribution in [3.8, 4) is 0 Å². The van der Waals surface area contributed by atoms with E-state index in [0.29, 0.717) is 12.0 Å². The number of hydrogen-bond acceptors (Lipinski definition) is 7. The van der Waals surface area contributed by atoms with Gasteiger partial charge in [-0.05, 0) is 37.2 Å². The largest absolute Gasteiger partial charge is 0.481 e. The van der Waals surface area contributed by atoms with E-state index in [2.05, 4.69) is 33.9 Å². The number of hydrogen-bond donors (Lipinski definition) is 7. The van der Waals surface area contributed by atoms with Gasteiger partial charge in [0, 0.05) is 24.6 Å². The molecule has 1 saturated carbocycles. The van der Waals surface area contributed by atoms with Crippen molar-refractivity contribution in [3.05, 3.63) is 35.9 Å². The summed E-state index contributed by atoms with van der Waals surface area (Å²) in [6.07, 6.45) is 2.50. The van der Waals surface area contributed by atoms with Gasteiger partial charge in [-0.25, -0.2) is 4.79 Å². The van der Waals surface area contributed by atoms with Crippen molar-refractivity contribution >= 4 is 50.1 Å². The van der Waals surface area contributed by atoms with Gasteiger partial charge < -0.3 is 31.5 Å². The Balaban J connectivity index is 2.06. The number of rotatable bonds is 16. The van der Waals surface area contributed by atoms with Gasteiger partial charge in [-0.3, -0.25) is 19.2 Å². The van der Waals surface area contributed by atoms with Crippen LogP contribution in [0.5, 0.6) is 0 Å². The highest BCUT2D eigenvalue weighted by atomic mass is 32.1. The highest BCUT2D eigenvalue weighted by molar-refractivity contribution is 7.80. The molecule has 3 amide bonds. The molecule has 0 bridgehead atoms. The molecule has 206 valence electrons. The summed E-state index contributed by atoms with van der Waals surface area (Å²) >= 11 is 3.93. The fourth-order valence-electron chi connectivity index (χ4n) is 4.05. The summed E-state index contributed by atoms with van der Waals surface area (Å²) in [7, 11) is 6.17. The lowest BCUT2D eigenvalue weighted by atomic mass is 9.62. The predicted molar refractivity (Wildman–Crippen MR) is 144 cm³/mol. The highest BCUT2D eigenvalue weighted by Gasteiger charge is 2.33. The first-order chi connectivity index (χ1) is 17.9. The number of benzene rings is 1. The average molecular weight is 546 g/mol. The van der Waals surface area contributed by atoms with Gasteiger partial charge in [-0.1, -0.05) is 36.8 Å². The third kappa shape index (κ3) is 10.4. The van der Waals surface area contributed by atoms with Gasteiger partial charge in [0.15, 0.2) is 0 Å². The SMILES string of the molecule is [B]C1(N[C@H](C)CCC(=O)N[C@@H](CC(=O)O)C(=O)N[C@@H](Cc2ccccc2)C(=O)N[C@@H](CS)C(=O)O)CCC1. The van der Waals surface area contributed by atoms with E-state index in [0.717, 1.165) is 19.3 Å². The van der Waals surface area contributed by atoms with Crippen LogP contribution in [0.2, 0.25) is 0 Å². The molecule has 1 fully saturated rings. The van der Waals surface area contributed by atoms with E-state index in [9.17, 15) is 34.2 Å². The van der Waals surface area contributed by atoms with Crippen molar-refractivity contribution in [2.75, 3.05) is 5.75 Å². The second-order valence-corrected chi connectivity index (χ2v) is 10.0. The predicted octanol–water partition coefficient (Wildman–Crippen LogP) is -0.0204. The molecule has 1 aliphatic carbocycles. The minimum atomic E-state index is -1.44. The molecule has 2 rings (SSSR count). The van der Waals surface area contributed by atoms with Crippen LogP contribution in [-0.2, 0) is 30.4 Å². The van der Waals surface area contributed by atoms with Gasteiger partial charge in [0.05, 0.1) is 14.3 Å². The lowest BCUT2D eigenvalue weighted by Gasteiger charge is -2.42. The lowest BCUT2D eigenvalue weighted by Crippen LogP contribution is -2.57. The molecule has 0 unspecified atom stereocenters. The summed E-state index contributed by atoms with van der Waals surface area (Å²) in [6, 6.07) is 4.66. The van der Waals surface area contributed by atoms with Crippen LogP contribution in [-0.4, -0.2) is 83.1 Å². The van der Waals surface area contributed by atoms with E-state index in [1.807, 2.05) is 6.92 Å². The minimum absolute atomic E-state index is 0.00901. The Hall–Kier alpha value is -3.06. The molecule has 1 aliphatic rings. The van der Waals surface area contributed by atoms with Crippen LogP contribution in [0.25, 0.3) is 0 Å². The first-order valence-electron chi connectivity index (χ1n) is 12.5. The van der Waals surface area contributed by atoms with Gasteiger partial charge in [0.2, 0.25) is 17.7 Å². The molecule has 4 atom stereocenters. The van der Waals surface area contributed by atoms with Crippen LogP contribution in [0.3, 0.4) is 0 Å². The number of carbonyl (C=O) groups excluding carboxylic acids is 3. The number of aliphatic carboxylic acids is 2. The Kier molecular flexibility index (Phi) is 12.1. The fraction of sp³-hybridized carbons (Fsp3) is 0.560. The van der Waals surface area contributed by atoms with E-state index in [4.69, 9.17) is 7.85 Å². The molecular weight excluding hydrogens is 511 g/mol. The van der Waals surface area contributed by atoms with E-state index in [-0.39, 0.29) is 24.6 Å². The molecule has 0 spiro atoms. The average Bonchev–Trinajstić information content (AvgIpc) is 2.84. The van der Waals surface area contributed by atoms with Crippen LogP contribution in [0.15, 0.2) is 30.3 Å². The molecule has 0 saturated heterocycles. The molecule has 0 aliphatic heterocycles. The first kappa shape index (κ1) is 31.2. The number of nitrogens with one attached hydrogen (secondary N) is 4. The zero-order valence-corrected chi connectivity index (χ0v) is 22.2. The summed E-state index contributed by atoms with van der Waals surface area (Å²) in [6.45, 7) is 1.89. The molecule has 11 nitrogen and oxygen atoms in total. The second-order valence-electron chi connectivity index (χ2n) is 9.64. The maximum absolute atomic E-state index is 13.1. The number of thiol groups is 1. The molecule has 1 aromatic carbocycles. The Morgan fingerprint density at radius 2 is 1.58 bits per heavy atom. The van der Waals surface area contributed by atoms with Crippen molar-refractivity contribution < 1.29 is 34.2 Å². The normalized spacial score (nSPS) is 17.1. The zero-order chi connectivity index (χ0) is 28.3. The monoisotopic (exact) mass is 546 g/mol. The molecule has 38 heavy (non-hydrogen) atoms. The molecule has 1 aromatic rings. The summed E-state index contributed by atoms with van der Waals surface area (Å²) in [5, 5.41) is 29.1. The van der Waals surface area contributed by atoms with E-state index in [1.54, 1.807) is 30.3 Å². The van der Waals surface area contributed by atoms with Crippen molar-refractivity contribution in [2.24, 2.45) is 0 Å². The number of amides is 3. The third-order valence-corrected chi connectivity index (χ3v) is 6.69. The van der Waals surface area contributed by atoms with E-state index < -0.39 is 59.6 Å². The summed E-state index contributed by atoms with van der Waals surface area (Å²) in [4.78, 5) is 61.3. The zero-order valence-electron chi connectivity index (χ0n) is 21.3. The Morgan fingerprint density at radius 1 is 0.974 bits per heavy atom. The molecular formula is C25H35BN4O7S. The van der Waals surface area contributed by atoms with Gasteiger partial charge in [0.1, 0.15) is 18.1 Å². The maximum atomic E-state index is 13.1. The van der Waals surface area contributed by atoms with Gasteiger partial charge in [-0.2, -0.15) is 12.6 Å². The molecule has 0 aromatic heterocycles. The molecule has 6 N–H and O–H groups in total. The summed E-state index contributed by atoms with van der Waals surface area (Å²) in [5.41, 5.74) is 0.248. The summed E-state index contributed by atoms with van der Waals surface area (Å²) in [5.74, 6) is -4.98. The fourth-order valence-corrected chi connectivity index (χ4v) is 4.30. The van der Waals surface area contributed by atoms with E-state index in [1.165, 1.54) is 0 Å². The van der Waals surface area contributed by atoms with Gasteiger partial charge in [-0.15, -0.1) is 0 Å². The van der Waals surface area contributed by atoms with Crippen LogP contribution in [0, 0.1) is 0 Å². The standard InChI is InChI=1S/C25H35BN4O7S/c1-15(30-25(26)10-5-11-25)8-9-20(31)27-18(13-21(32)33)23(35)28-17(12-16-6-3-2-4-7-16)22(34)29-19(14-38)24(36)37/h2-4,6-7,15,17-19,30,38H,5,8-14H2,1H3,(H,27,31)(H,28,35)(H,29,34)(H,32,33)(H,36,37)/t15-,17+,18+,19+/m1/s1. The quantitative estimate of drug-likeness (QED) is 0.112. The molecule has 13 heteroatoms. The minimum Gasteiger partial charge on any atom is -0.481 e. The lowest BCUT2D eigenvalue weighted by molar-refractivity contribution is -0.142. The smallest absolute Gasteiger partial charge is 0.327 e. The van der Waals surface area contributed by atoms with Crippen molar-refractivity contribution in [2.45, 2.75) is 81.5 Å². The van der Waals surface area contributed by atoms with Crippen LogP contribution in [0.1, 0.15) is 51.0 Å². The van der Waals surface area contributed by atoms with Crippen LogP contribution in [0.4, 0.5) is 0 Å². The Labute approximate surface area is 228 Å². The second kappa shape index (κ2) is 14.8. The maximum Gasteiger partial charge on any atom is 0.327 e. The van der Waals surface area contributed by atoms with Crippen molar-refractivity contribution in [1.29, 1.82) is 0 Å². The van der Waals surface area contributed by atoms with E-state index >= 15 is 0 Å². The highest BCUT2D eigenvalue weighted by Crippen LogP contribution is 2.29. The number of carboxylic acid groups (broad SMARTS) is 2. The van der Waals surface area contributed by atoms with Gasteiger partial charge >= 0.3 is 11.9 Å². The number of carbonyl (C=O) groups is 5. The van der Waals surface area contributed by atoms with Crippen molar-refractivity contribution in [1.82, 2.24) is 21.3 Å². The third-order valence-electron chi connectivity index (χ3n) is 6.33. The van der Waals surface area contributed by atoms with Crippen molar-refractivity contribution in [3.63, 3.8) is 0 Å². The summed E-state index contributed by atoms with van der Waals surface area (Å²) < 4.78 is 0. The van der Waals surface area contributed by atoms with Crippen LogP contribution >= 0.6 is 12.6 Å². The molecule has 0 heterocycles.